The van der Waals surface area contributed by atoms with Gasteiger partial charge in [-0.25, -0.2) is 0 Å². The Balaban J connectivity index is 2.47. The van der Waals surface area contributed by atoms with Crippen LogP contribution in [0.15, 0.2) is 52.5 Å². The van der Waals surface area contributed by atoms with Crippen LogP contribution < -0.4 is 8.92 Å². The van der Waals surface area contributed by atoms with Gasteiger partial charge in [0.15, 0.2) is 11.5 Å². The fourth-order valence-electron chi connectivity index (χ4n) is 1.81. The van der Waals surface area contributed by atoms with E-state index in [4.69, 9.17) is 14.1 Å². The van der Waals surface area contributed by atoms with Gasteiger partial charge < -0.3 is 14.1 Å². The quantitative estimate of drug-likeness (QED) is 0.396. The molecule has 1 N–H and O–H groups in total. The van der Waals surface area contributed by atoms with Gasteiger partial charge in [-0.3, -0.25) is 0 Å². The summed E-state index contributed by atoms with van der Waals surface area (Å²) < 4.78 is 35.0. The summed E-state index contributed by atoms with van der Waals surface area (Å²) in [4.78, 5) is 0.0240. The molecule has 0 saturated carbocycles. The molecule has 7 heteroatoms. The molecule has 2 rings (SSSR count). The maximum atomic E-state index is 12.4. The number of benzene rings is 2. The lowest BCUT2D eigenvalue weighted by molar-refractivity contribution is 0.321. The lowest BCUT2D eigenvalue weighted by Crippen LogP contribution is -2.11. The molecule has 0 aromatic heterocycles. The first-order valence-electron chi connectivity index (χ1n) is 6.33. The summed E-state index contributed by atoms with van der Waals surface area (Å²) in [5.74, 6) is 0.177. The van der Waals surface area contributed by atoms with Crippen LogP contribution in [0, 0.1) is 6.92 Å². The van der Waals surface area contributed by atoms with Crippen molar-refractivity contribution in [2.45, 2.75) is 11.8 Å². The molecule has 0 saturated heterocycles. The predicted octanol–water partition coefficient (Wildman–Crippen LogP) is 2.58. The number of hydrogen-bond acceptors (Lipinski definition) is 6. The fourth-order valence-corrected chi connectivity index (χ4v) is 2.77. The standard InChI is InChI=1S/C15H15NO5S/c1-11-6-8-13(9-7-11)22(18,19)21-15-12(10-16-17)4-3-5-14(15)20-2/h3-10,17H,1-2H3/b16-10-. The third-order valence-electron chi connectivity index (χ3n) is 2.93. The number of ether oxygens (including phenoxy) is 1. The zero-order chi connectivity index (χ0) is 16.2. The molecule has 0 spiro atoms. The molecule has 6 nitrogen and oxygen atoms in total. The Kier molecular flexibility index (Phi) is 4.67. The van der Waals surface area contributed by atoms with E-state index >= 15 is 0 Å². The van der Waals surface area contributed by atoms with E-state index in [0.29, 0.717) is 0 Å². The van der Waals surface area contributed by atoms with Crippen LogP contribution in [-0.2, 0) is 10.1 Å². The molecule has 22 heavy (non-hydrogen) atoms. The summed E-state index contributed by atoms with van der Waals surface area (Å²) in [5.41, 5.74) is 1.21. The van der Waals surface area contributed by atoms with Crippen molar-refractivity contribution in [2.75, 3.05) is 7.11 Å². The Bertz CT molecular complexity index is 782. The number of hydrogen-bond donors (Lipinski definition) is 1. The maximum absolute atomic E-state index is 12.4. The van der Waals surface area contributed by atoms with Crippen LogP contribution in [0.5, 0.6) is 11.5 Å². The smallest absolute Gasteiger partial charge is 0.339 e. The summed E-state index contributed by atoms with van der Waals surface area (Å²) in [5, 5.41) is 11.6. The van der Waals surface area contributed by atoms with Crippen molar-refractivity contribution >= 4 is 16.3 Å². The number of methoxy groups -OCH3 is 1. The molecule has 2 aromatic rings. The number of aryl methyl sites for hydroxylation is 1. The maximum Gasteiger partial charge on any atom is 0.339 e. The van der Waals surface area contributed by atoms with Crippen molar-refractivity contribution < 1.29 is 22.5 Å². The van der Waals surface area contributed by atoms with Gasteiger partial charge in [0.25, 0.3) is 0 Å². The van der Waals surface area contributed by atoms with E-state index < -0.39 is 10.1 Å². The molecule has 2 aromatic carbocycles. The van der Waals surface area contributed by atoms with Gasteiger partial charge in [-0.15, -0.1) is 0 Å². The molecule has 0 aliphatic heterocycles. The number of para-hydroxylation sites is 1. The van der Waals surface area contributed by atoms with Crippen molar-refractivity contribution in [3.63, 3.8) is 0 Å². The summed E-state index contributed by atoms with van der Waals surface area (Å²) in [7, 11) is -2.64. The largest absolute Gasteiger partial charge is 0.493 e. The minimum Gasteiger partial charge on any atom is -0.493 e. The van der Waals surface area contributed by atoms with Crippen molar-refractivity contribution in [1.82, 2.24) is 0 Å². The summed E-state index contributed by atoms with van der Waals surface area (Å²) in [6.45, 7) is 1.85. The summed E-state index contributed by atoms with van der Waals surface area (Å²) in [6.07, 6.45) is 1.07. The number of rotatable bonds is 5. The Morgan fingerprint density at radius 3 is 2.41 bits per heavy atom. The zero-order valence-corrected chi connectivity index (χ0v) is 12.9. The highest BCUT2D eigenvalue weighted by Crippen LogP contribution is 2.32. The highest BCUT2D eigenvalue weighted by Gasteiger charge is 2.21. The first-order valence-corrected chi connectivity index (χ1v) is 7.74. The fraction of sp³-hybridized carbons (Fsp3) is 0.133. The van der Waals surface area contributed by atoms with Gasteiger partial charge in [-0.2, -0.15) is 8.42 Å². The molecule has 0 fully saturated rings. The van der Waals surface area contributed by atoms with Crippen LogP contribution in [0.1, 0.15) is 11.1 Å². The van der Waals surface area contributed by atoms with Crippen LogP contribution in [0.2, 0.25) is 0 Å². The average molecular weight is 321 g/mol. The molecule has 0 radical (unpaired) electrons. The Hall–Kier alpha value is -2.54. The van der Waals surface area contributed by atoms with Gasteiger partial charge in [-0.05, 0) is 31.2 Å². The van der Waals surface area contributed by atoms with E-state index in [0.717, 1.165) is 11.8 Å². The van der Waals surface area contributed by atoms with Gasteiger partial charge in [-0.1, -0.05) is 28.9 Å². The van der Waals surface area contributed by atoms with E-state index in [2.05, 4.69) is 5.16 Å². The van der Waals surface area contributed by atoms with Gasteiger partial charge in [0, 0.05) is 5.56 Å². The molecule has 0 atom stereocenters. The molecule has 0 unspecified atom stereocenters. The number of nitrogens with zero attached hydrogens (tertiary/aromatic N) is 1. The molecule has 0 aliphatic rings. The average Bonchev–Trinajstić information content (AvgIpc) is 2.49. The van der Waals surface area contributed by atoms with E-state index in [1.165, 1.54) is 19.2 Å². The molecular formula is C15H15NO5S. The molecular weight excluding hydrogens is 306 g/mol. The van der Waals surface area contributed by atoms with Gasteiger partial charge in [0.1, 0.15) is 4.90 Å². The van der Waals surface area contributed by atoms with Gasteiger partial charge in [0.05, 0.1) is 13.3 Å². The van der Waals surface area contributed by atoms with Crippen LogP contribution in [0.4, 0.5) is 0 Å². The van der Waals surface area contributed by atoms with E-state index in [-0.39, 0.29) is 22.0 Å². The minimum atomic E-state index is -4.03. The van der Waals surface area contributed by atoms with E-state index in [1.54, 1.807) is 30.3 Å². The molecule has 116 valence electrons. The minimum absolute atomic E-state index is 0.0240. The van der Waals surface area contributed by atoms with Gasteiger partial charge >= 0.3 is 10.1 Å². The molecule has 0 aliphatic carbocycles. The molecule has 0 heterocycles. The van der Waals surface area contributed by atoms with Crippen LogP contribution >= 0.6 is 0 Å². The zero-order valence-electron chi connectivity index (χ0n) is 12.1. The number of oxime groups is 1. The summed E-state index contributed by atoms with van der Waals surface area (Å²) >= 11 is 0. The topological polar surface area (TPSA) is 85.2 Å². The lowest BCUT2D eigenvalue weighted by Gasteiger charge is -2.12. The second-order valence-electron chi connectivity index (χ2n) is 4.47. The Labute approximate surface area is 128 Å². The molecule has 0 amide bonds. The first kappa shape index (κ1) is 15.8. The van der Waals surface area contributed by atoms with Crippen molar-refractivity contribution in [3.8, 4) is 11.5 Å². The van der Waals surface area contributed by atoms with E-state index in [9.17, 15) is 8.42 Å². The van der Waals surface area contributed by atoms with Crippen molar-refractivity contribution in [2.24, 2.45) is 5.16 Å². The monoisotopic (exact) mass is 321 g/mol. The second kappa shape index (κ2) is 6.48. The van der Waals surface area contributed by atoms with Crippen molar-refractivity contribution in [1.29, 1.82) is 0 Å². The highest BCUT2D eigenvalue weighted by molar-refractivity contribution is 7.87. The Morgan fingerprint density at radius 2 is 1.82 bits per heavy atom. The first-order chi connectivity index (χ1) is 10.5. The van der Waals surface area contributed by atoms with Crippen LogP contribution in [0.3, 0.4) is 0 Å². The Morgan fingerprint density at radius 1 is 1.14 bits per heavy atom. The third-order valence-corrected chi connectivity index (χ3v) is 4.16. The SMILES string of the molecule is COc1cccc(/C=N\O)c1OS(=O)(=O)c1ccc(C)cc1. The van der Waals surface area contributed by atoms with Gasteiger partial charge in [0.2, 0.25) is 0 Å². The molecule has 0 bridgehead atoms. The van der Waals surface area contributed by atoms with Crippen LogP contribution in [-0.4, -0.2) is 26.9 Å². The normalized spacial score (nSPS) is 11.5. The summed E-state index contributed by atoms with van der Waals surface area (Å²) in [6, 6.07) is 11.0. The van der Waals surface area contributed by atoms with E-state index in [1.807, 2.05) is 6.92 Å². The second-order valence-corrected chi connectivity index (χ2v) is 6.02. The lowest BCUT2D eigenvalue weighted by atomic mass is 10.2. The van der Waals surface area contributed by atoms with Crippen LogP contribution in [0.25, 0.3) is 0 Å². The van der Waals surface area contributed by atoms with Crippen molar-refractivity contribution in [3.05, 3.63) is 53.6 Å². The highest BCUT2D eigenvalue weighted by atomic mass is 32.2. The third kappa shape index (κ3) is 3.37. The predicted molar refractivity (Wildman–Crippen MR) is 81.4 cm³/mol.